The van der Waals surface area contributed by atoms with Crippen molar-refractivity contribution in [1.29, 1.82) is 0 Å². The Hall–Kier alpha value is -1.43. The minimum absolute atomic E-state index is 0.190. The molecule has 1 rings (SSSR count). The summed E-state index contributed by atoms with van der Waals surface area (Å²) in [6, 6.07) is -0.595. The molecule has 0 radical (unpaired) electrons. The fourth-order valence-electron chi connectivity index (χ4n) is 1.22. The second-order valence-corrected chi connectivity index (χ2v) is 5.72. The number of thiazole rings is 1. The Morgan fingerprint density at radius 1 is 1.44 bits per heavy atom. The number of rotatable bonds is 3. The van der Waals surface area contributed by atoms with Crippen LogP contribution in [-0.4, -0.2) is 40.5 Å². The third-order valence-corrected chi connectivity index (χ3v) is 2.91. The third kappa shape index (κ3) is 3.80. The van der Waals surface area contributed by atoms with Crippen molar-refractivity contribution in [3.63, 3.8) is 0 Å². The minimum atomic E-state index is -0.595. The van der Waals surface area contributed by atoms with E-state index in [1.165, 1.54) is 16.2 Å². The van der Waals surface area contributed by atoms with E-state index in [9.17, 15) is 9.59 Å². The number of nitrogens with zero attached hydrogens (tertiary/aromatic N) is 2. The van der Waals surface area contributed by atoms with Crippen molar-refractivity contribution in [1.82, 2.24) is 9.88 Å². The van der Waals surface area contributed by atoms with Crippen LogP contribution in [0.4, 0.5) is 4.79 Å². The van der Waals surface area contributed by atoms with Gasteiger partial charge in [0.2, 0.25) is 5.78 Å². The van der Waals surface area contributed by atoms with Gasteiger partial charge < -0.3 is 9.64 Å². The summed E-state index contributed by atoms with van der Waals surface area (Å²) in [5.41, 5.74) is 1.39. The van der Waals surface area contributed by atoms with Gasteiger partial charge in [-0.2, -0.15) is 0 Å². The molecule has 0 fully saturated rings. The molecule has 0 unspecified atom stereocenters. The van der Waals surface area contributed by atoms with Crippen molar-refractivity contribution in [3.8, 4) is 0 Å². The zero-order valence-electron chi connectivity index (χ0n) is 11.3. The number of carbonyl (C=O) groups is 2. The molecule has 6 heteroatoms. The van der Waals surface area contributed by atoms with Crippen LogP contribution in [0.25, 0.3) is 0 Å². The molecule has 5 nitrogen and oxygen atoms in total. The molecule has 0 saturated carbocycles. The highest BCUT2D eigenvalue weighted by Crippen LogP contribution is 2.13. The molecule has 1 aromatic rings. The van der Waals surface area contributed by atoms with Crippen LogP contribution in [0.15, 0.2) is 10.9 Å². The predicted molar refractivity (Wildman–Crippen MR) is 69.9 cm³/mol. The van der Waals surface area contributed by atoms with Gasteiger partial charge in [-0.25, -0.2) is 9.78 Å². The first-order valence-corrected chi connectivity index (χ1v) is 6.55. The standard InChI is InChI=1S/C12H18N2O3S/c1-8(10(15)9-6-18-7-13-9)14(5)11(16)17-12(2,3)4/h6-8H,1-5H3/t8-/m0/s1. The highest BCUT2D eigenvalue weighted by molar-refractivity contribution is 7.07. The lowest BCUT2D eigenvalue weighted by molar-refractivity contribution is 0.0231. The average molecular weight is 270 g/mol. The molecule has 100 valence electrons. The van der Waals surface area contributed by atoms with E-state index in [-0.39, 0.29) is 5.78 Å². The lowest BCUT2D eigenvalue weighted by Gasteiger charge is -2.27. The van der Waals surface area contributed by atoms with Crippen molar-refractivity contribution in [3.05, 3.63) is 16.6 Å². The average Bonchev–Trinajstić information content (AvgIpc) is 2.77. The van der Waals surface area contributed by atoms with Crippen LogP contribution >= 0.6 is 11.3 Å². The Balaban J connectivity index is 2.69. The number of Topliss-reactive ketones (excluding diaryl/α,β-unsaturated/α-hetero) is 1. The number of hydrogen-bond acceptors (Lipinski definition) is 5. The molecule has 0 saturated heterocycles. The fourth-order valence-corrected chi connectivity index (χ4v) is 1.76. The van der Waals surface area contributed by atoms with Crippen LogP contribution in [0.1, 0.15) is 38.2 Å². The van der Waals surface area contributed by atoms with Crippen LogP contribution in [0, 0.1) is 0 Å². The van der Waals surface area contributed by atoms with E-state index >= 15 is 0 Å². The summed E-state index contributed by atoms with van der Waals surface area (Å²) in [6.07, 6.45) is -0.515. The van der Waals surface area contributed by atoms with E-state index < -0.39 is 17.7 Å². The number of ether oxygens (including phenoxy) is 1. The Morgan fingerprint density at radius 3 is 2.50 bits per heavy atom. The molecular formula is C12H18N2O3S. The van der Waals surface area contributed by atoms with Gasteiger partial charge in [-0.3, -0.25) is 4.79 Å². The van der Waals surface area contributed by atoms with Gasteiger partial charge in [0.05, 0.1) is 11.6 Å². The van der Waals surface area contributed by atoms with Crippen LogP contribution in [0.5, 0.6) is 0 Å². The second-order valence-electron chi connectivity index (χ2n) is 5.01. The van der Waals surface area contributed by atoms with Crippen LogP contribution in [0.3, 0.4) is 0 Å². The molecule has 0 aliphatic carbocycles. The molecule has 1 aromatic heterocycles. The molecule has 0 N–H and O–H groups in total. The lowest BCUT2D eigenvalue weighted by atomic mass is 10.1. The maximum atomic E-state index is 12.0. The van der Waals surface area contributed by atoms with Crippen LogP contribution < -0.4 is 0 Å². The number of amides is 1. The highest BCUT2D eigenvalue weighted by atomic mass is 32.1. The van der Waals surface area contributed by atoms with E-state index in [2.05, 4.69) is 4.98 Å². The van der Waals surface area contributed by atoms with Crippen molar-refractivity contribution >= 4 is 23.2 Å². The van der Waals surface area contributed by atoms with Gasteiger partial charge in [-0.15, -0.1) is 11.3 Å². The highest BCUT2D eigenvalue weighted by Gasteiger charge is 2.28. The number of hydrogen-bond donors (Lipinski definition) is 0. The number of aromatic nitrogens is 1. The molecule has 1 amide bonds. The molecule has 0 bridgehead atoms. The van der Waals surface area contributed by atoms with E-state index in [0.717, 1.165) is 0 Å². The number of carbonyl (C=O) groups excluding carboxylic acids is 2. The van der Waals surface area contributed by atoms with Crippen molar-refractivity contribution in [2.24, 2.45) is 0 Å². The molecule has 0 aromatic carbocycles. The minimum Gasteiger partial charge on any atom is -0.444 e. The Kier molecular flexibility index (Phi) is 4.45. The summed E-state index contributed by atoms with van der Waals surface area (Å²) in [7, 11) is 1.54. The first-order valence-electron chi connectivity index (χ1n) is 5.60. The molecule has 0 aliphatic heterocycles. The van der Waals surface area contributed by atoms with E-state index in [1.54, 1.807) is 45.6 Å². The summed E-state index contributed by atoms with van der Waals surface area (Å²) in [4.78, 5) is 29.0. The van der Waals surface area contributed by atoms with E-state index in [0.29, 0.717) is 5.69 Å². The van der Waals surface area contributed by atoms with E-state index in [4.69, 9.17) is 4.74 Å². The summed E-state index contributed by atoms with van der Waals surface area (Å²) in [6.45, 7) is 7.01. The SMILES string of the molecule is C[C@@H](C(=O)c1cscn1)N(C)C(=O)OC(C)(C)C. The van der Waals surface area contributed by atoms with Gasteiger partial charge in [0.15, 0.2) is 0 Å². The van der Waals surface area contributed by atoms with Gasteiger partial charge in [0.1, 0.15) is 11.3 Å². The molecule has 18 heavy (non-hydrogen) atoms. The van der Waals surface area contributed by atoms with Gasteiger partial charge in [0, 0.05) is 12.4 Å². The number of ketones is 1. The van der Waals surface area contributed by atoms with Crippen molar-refractivity contribution in [2.75, 3.05) is 7.05 Å². The predicted octanol–water partition coefficient (Wildman–Crippen LogP) is 2.58. The first-order chi connectivity index (χ1) is 8.22. The summed E-state index contributed by atoms with van der Waals surface area (Å²) < 4.78 is 5.21. The Morgan fingerprint density at radius 2 is 2.06 bits per heavy atom. The zero-order valence-corrected chi connectivity index (χ0v) is 12.1. The maximum Gasteiger partial charge on any atom is 0.410 e. The van der Waals surface area contributed by atoms with Crippen LogP contribution in [-0.2, 0) is 4.74 Å². The third-order valence-electron chi connectivity index (χ3n) is 2.33. The topological polar surface area (TPSA) is 59.5 Å². The lowest BCUT2D eigenvalue weighted by Crippen LogP contribution is -2.43. The first kappa shape index (κ1) is 14.6. The molecule has 1 atom stereocenters. The fraction of sp³-hybridized carbons (Fsp3) is 0.583. The molecule has 1 heterocycles. The van der Waals surface area contributed by atoms with Gasteiger partial charge in [-0.1, -0.05) is 0 Å². The normalized spacial score (nSPS) is 12.9. The van der Waals surface area contributed by atoms with Crippen molar-refractivity contribution in [2.45, 2.75) is 39.3 Å². The molecule has 0 aliphatic rings. The van der Waals surface area contributed by atoms with Gasteiger partial charge >= 0.3 is 6.09 Å². The quantitative estimate of drug-likeness (QED) is 0.792. The monoisotopic (exact) mass is 270 g/mol. The summed E-state index contributed by atoms with van der Waals surface area (Å²) in [5, 5.41) is 1.67. The summed E-state index contributed by atoms with van der Waals surface area (Å²) >= 11 is 1.35. The smallest absolute Gasteiger partial charge is 0.410 e. The maximum absolute atomic E-state index is 12.0. The van der Waals surface area contributed by atoms with Crippen LogP contribution in [0.2, 0.25) is 0 Å². The summed E-state index contributed by atoms with van der Waals surface area (Å²) in [5.74, 6) is -0.190. The largest absolute Gasteiger partial charge is 0.444 e. The van der Waals surface area contributed by atoms with Crippen molar-refractivity contribution < 1.29 is 14.3 Å². The second kappa shape index (κ2) is 5.48. The Labute approximate surface area is 111 Å². The molecule has 0 spiro atoms. The van der Waals surface area contributed by atoms with E-state index in [1.807, 2.05) is 0 Å². The number of likely N-dealkylation sites (N-methyl/N-ethyl adjacent to an activating group) is 1. The van der Waals surface area contributed by atoms with Gasteiger partial charge in [0.25, 0.3) is 0 Å². The zero-order chi connectivity index (χ0) is 13.9. The molecular weight excluding hydrogens is 252 g/mol. The van der Waals surface area contributed by atoms with Gasteiger partial charge in [-0.05, 0) is 27.7 Å². The Bertz CT molecular complexity index is 423.